The number of para-hydroxylation sites is 1. The molecule has 8 heteroatoms. The third-order valence-electron chi connectivity index (χ3n) is 5.03. The predicted molar refractivity (Wildman–Crippen MR) is 115 cm³/mol. The van der Waals surface area contributed by atoms with Gasteiger partial charge in [0.25, 0.3) is 0 Å². The Labute approximate surface area is 179 Å². The molecule has 0 fully saturated rings. The highest BCUT2D eigenvalue weighted by atomic mass is 32.2. The van der Waals surface area contributed by atoms with Gasteiger partial charge in [0.05, 0.1) is 17.5 Å². The molecular formula is C22H25N4O3S+. The molecule has 0 unspecified atom stereocenters. The van der Waals surface area contributed by atoms with E-state index < -0.39 is 6.17 Å². The van der Waals surface area contributed by atoms with E-state index in [0.717, 1.165) is 25.0 Å². The van der Waals surface area contributed by atoms with Gasteiger partial charge < -0.3 is 4.42 Å². The number of hydrogen-bond acceptors (Lipinski definition) is 5. The van der Waals surface area contributed by atoms with Crippen LogP contribution in [0.2, 0.25) is 0 Å². The first-order valence-electron chi connectivity index (χ1n) is 10.3. The summed E-state index contributed by atoms with van der Waals surface area (Å²) in [5, 5.41) is 5.28. The highest BCUT2D eigenvalue weighted by Gasteiger charge is 2.46. The van der Waals surface area contributed by atoms with Crippen LogP contribution < -0.4 is 15.1 Å². The second kappa shape index (κ2) is 8.87. The number of benzene rings is 1. The van der Waals surface area contributed by atoms with Crippen molar-refractivity contribution in [3.8, 4) is 11.3 Å². The number of furan rings is 1. The molecule has 0 saturated heterocycles. The molecule has 1 aliphatic heterocycles. The minimum atomic E-state index is -0.656. The molecule has 3 heterocycles. The van der Waals surface area contributed by atoms with Gasteiger partial charge in [-0.15, -0.1) is 0 Å². The largest absolute Gasteiger partial charge is 0.460 e. The summed E-state index contributed by atoms with van der Waals surface area (Å²) < 4.78 is 7.35. The maximum absolute atomic E-state index is 13.2. The maximum atomic E-state index is 13.2. The number of fused-ring (bicyclic) bond motifs is 3. The Kier molecular flexibility index (Phi) is 6.03. The minimum absolute atomic E-state index is 0.0354. The molecule has 1 atom stereocenters. The molecule has 0 aliphatic carbocycles. The number of hydrogen-bond donors (Lipinski definition) is 1. The SMILES string of the molecule is CCCCSc1n[n+]2c(c(=O)[nH]1)-c1ccccc1N(C(=O)CCC)[C@H]2c1ccco1. The van der Waals surface area contributed by atoms with Crippen LogP contribution in [-0.2, 0) is 4.79 Å². The molecule has 2 aromatic heterocycles. The lowest BCUT2D eigenvalue weighted by atomic mass is 10.0. The van der Waals surface area contributed by atoms with Crippen molar-refractivity contribution in [3.63, 3.8) is 0 Å². The van der Waals surface area contributed by atoms with Gasteiger partial charge in [0, 0.05) is 17.3 Å². The topological polar surface area (TPSA) is 83.1 Å². The molecule has 156 valence electrons. The monoisotopic (exact) mass is 425 g/mol. The van der Waals surface area contributed by atoms with Gasteiger partial charge in [-0.05, 0) is 41.8 Å². The Morgan fingerprint density at radius 1 is 1.23 bits per heavy atom. The number of nitrogens with zero attached hydrogens (tertiary/aromatic N) is 3. The molecule has 1 aromatic carbocycles. The third-order valence-corrected chi connectivity index (χ3v) is 5.97. The van der Waals surface area contributed by atoms with Gasteiger partial charge in [-0.2, -0.15) is 0 Å². The summed E-state index contributed by atoms with van der Waals surface area (Å²) in [5.41, 5.74) is 1.57. The lowest BCUT2D eigenvalue weighted by molar-refractivity contribution is -0.764. The zero-order chi connectivity index (χ0) is 21.1. The van der Waals surface area contributed by atoms with E-state index in [1.165, 1.54) is 11.8 Å². The number of carbonyl (C=O) groups excluding carboxylic acids is 1. The van der Waals surface area contributed by atoms with E-state index in [-0.39, 0.29) is 11.5 Å². The highest BCUT2D eigenvalue weighted by Crippen LogP contribution is 2.37. The van der Waals surface area contributed by atoms with E-state index in [0.29, 0.717) is 34.3 Å². The normalized spacial score (nSPS) is 15.0. The minimum Gasteiger partial charge on any atom is -0.460 e. The van der Waals surface area contributed by atoms with E-state index in [1.54, 1.807) is 21.9 Å². The van der Waals surface area contributed by atoms with E-state index in [2.05, 4.69) is 11.9 Å². The molecular weight excluding hydrogens is 400 g/mol. The first kappa shape index (κ1) is 20.4. The second-order valence-corrected chi connectivity index (χ2v) is 8.26. The number of aromatic amines is 1. The summed E-state index contributed by atoms with van der Waals surface area (Å²) in [7, 11) is 0. The number of thioether (sulfide) groups is 1. The van der Waals surface area contributed by atoms with Crippen LogP contribution in [0.25, 0.3) is 11.3 Å². The van der Waals surface area contributed by atoms with E-state index in [9.17, 15) is 9.59 Å². The van der Waals surface area contributed by atoms with Gasteiger partial charge >= 0.3 is 17.4 Å². The molecule has 1 aliphatic rings. The zero-order valence-corrected chi connectivity index (χ0v) is 17.9. The molecule has 0 bridgehead atoms. The standard InChI is InChI=1S/C22H24N4O3S/c1-3-5-14-30-22-23-20(28)19-15-10-6-7-11-16(15)25(18(27)9-4-2)21(26(19)24-22)17-12-8-13-29-17/h6-8,10-13,21H,3-5,9,14H2,1-2H3/p+1/t21-/m1/s1. The summed E-state index contributed by atoms with van der Waals surface area (Å²) in [6, 6.07) is 11.0. The summed E-state index contributed by atoms with van der Waals surface area (Å²) in [5.74, 6) is 1.38. The Hall–Kier alpha value is -2.87. The summed E-state index contributed by atoms with van der Waals surface area (Å²) in [4.78, 5) is 31.0. The second-order valence-electron chi connectivity index (χ2n) is 7.17. The zero-order valence-electron chi connectivity index (χ0n) is 17.1. The Bertz CT molecular complexity index is 1090. The van der Waals surface area contributed by atoms with Crippen molar-refractivity contribution in [1.82, 2.24) is 10.1 Å². The number of aromatic nitrogens is 3. The number of rotatable bonds is 7. The first-order chi connectivity index (χ1) is 14.7. The average Bonchev–Trinajstić information content (AvgIpc) is 3.27. The van der Waals surface area contributed by atoms with Crippen molar-refractivity contribution in [2.75, 3.05) is 10.7 Å². The predicted octanol–water partition coefficient (Wildman–Crippen LogP) is 3.90. The van der Waals surface area contributed by atoms with Crippen LogP contribution >= 0.6 is 11.8 Å². The van der Waals surface area contributed by atoms with Crippen LogP contribution in [0.3, 0.4) is 0 Å². The first-order valence-corrected chi connectivity index (χ1v) is 11.3. The highest BCUT2D eigenvalue weighted by molar-refractivity contribution is 7.99. The van der Waals surface area contributed by atoms with Crippen LogP contribution in [0.4, 0.5) is 5.69 Å². The lowest BCUT2D eigenvalue weighted by Gasteiger charge is -2.30. The molecule has 0 saturated carbocycles. The smallest absolute Gasteiger partial charge is 0.325 e. The van der Waals surface area contributed by atoms with Gasteiger partial charge in [0.2, 0.25) is 11.1 Å². The molecule has 4 rings (SSSR count). The number of carbonyl (C=O) groups is 1. The van der Waals surface area contributed by atoms with E-state index in [1.807, 2.05) is 37.3 Å². The number of unbranched alkanes of at least 4 members (excludes halogenated alkanes) is 1. The molecule has 1 amide bonds. The maximum Gasteiger partial charge on any atom is 0.325 e. The van der Waals surface area contributed by atoms with Crippen molar-refractivity contribution >= 4 is 23.4 Å². The van der Waals surface area contributed by atoms with Crippen LogP contribution in [0.1, 0.15) is 51.5 Å². The Morgan fingerprint density at radius 3 is 2.80 bits per heavy atom. The molecule has 0 radical (unpaired) electrons. The third kappa shape index (κ3) is 3.67. The molecule has 0 spiro atoms. The number of amides is 1. The van der Waals surface area contributed by atoms with Crippen LogP contribution in [0.5, 0.6) is 0 Å². The average molecular weight is 426 g/mol. The molecule has 1 N–H and O–H groups in total. The molecule has 30 heavy (non-hydrogen) atoms. The molecule has 3 aromatic rings. The number of nitrogens with one attached hydrogen (secondary N) is 1. The van der Waals surface area contributed by atoms with Crippen molar-refractivity contribution in [1.29, 1.82) is 0 Å². The fourth-order valence-electron chi connectivity index (χ4n) is 3.65. The van der Waals surface area contributed by atoms with Crippen molar-refractivity contribution in [3.05, 3.63) is 58.8 Å². The number of anilines is 1. The van der Waals surface area contributed by atoms with Crippen LogP contribution in [0.15, 0.2) is 57.0 Å². The quantitative estimate of drug-likeness (QED) is 0.353. The summed E-state index contributed by atoms with van der Waals surface area (Å²) in [6.07, 6.45) is 4.13. The van der Waals surface area contributed by atoms with Crippen molar-refractivity contribution in [2.45, 2.75) is 50.9 Å². The van der Waals surface area contributed by atoms with Gasteiger partial charge in [0.1, 0.15) is 0 Å². The fraction of sp³-hybridized carbons (Fsp3) is 0.364. The van der Waals surface area contributed by atoms with Gasteiger partial charge in [-0.25, -0.2) is 4.90 Å². The van der Waals surface area contributed by atoms with Crippen molar-refractivity contribution < 1.29 is 13.9 Å². The molecule has 7 nitrogen and oxygen atoms in total. The van der Waals surface area contributed by atoms with E-state index in [4.69, 9.17) is 9.52 Å². The summed E-state index contributed by atoms with van der Waals surface area (Å²) >= 11 is 1.51. The Balaban J connectivity index is 1.94. The van der Waals surface area contributed by atoms with Gasteiger partial charge in [0.15, 0.2) is 5.76 Å². The van der Waals surface area contributed by atoms with E-state index >= 15 is 0 Å². The van der Waals surface area contributed by atoms with Crippen LogP contribution in [-0.4, -0.2) is 21.7 Å². The fourth-order valence-corrected chi connectivity index (χ4v) is 4.59. The van der Waals surface area contributed by atoms with Gasteiger partial charge in [-0.3, -0.25) is 14.6 Å². The number of H-pyrrole nitrogens is 1. The summed E-state index contributed by atoms with van der Waals surface area (Å²) in [6.45, 7) is 4.10. The Morgan fingerprint density at radius 2 is 2.07 bits per heavy atom. The van der Waals surface area contributed by atoms with Crippen LogP contribution in [0, 0.1) is 0 Å². The van der Waals surface area contributed by atoms with Gasteiger partial charge in [-0.1, -0.05) is 44.2 Å². The lowest BCUT2D eigenvalue weighted by Crippen LogP contribution is -2.60. The van der Waals surface area contributed by atoms with Crippen molar-refractivity contribution in [2.24, 2.45) is 0 Å².